The van der Waals surface area contributed by atoms with Crippen LogP contribution >= 0.6 is 0 Å². The van der Waals surface area contributed by atoms with Gasteiger partial charge in [0.15, 0.2) is 0 Å². The summed E-state index contributed by atoms with van der Waals surface area (Å²) >= 11 is 0. The number of aryl methyl sites for hydroxylation is 1. The van der Waals surface area contributed by atoms with Crippen molar-refractivity contribution in [1.29, 1.82) is 0 Å². The molecule has 1 fully saturated rings. The Morgan fingerprint density at radius 3 is 2.22 bits per heavy atom. The van der Waals surface area contributed by atoms with Crippen LogP contribution in [-0.2, 0) is 32.6 Å². The van der Waals surface area contributed by atoms with Crippen molar-refractivity contribution >= 4 is 27.5 Å². The fourth-order valence-corrected chi connectivity index (χ4v) is 7.49. The first-order valence-corrected chi connectivity index (χ1v) is 17.7. The van der Waals surface area contributed by atoms with Crippen LogP contribution in [-0.4, -0.2) is 58.0 Å². The lowest BCUT2D eigenvalue weighted by Gasteiger charge is -2.34. The highest BCUT2D eigenvalue weighted by Crippen LogP contribution is 2.36. The van der Waals surface area contributed by atoms with E-state index in [1.807, 2.05) is 37.3 Å². The third kappa shape index (κ3) is 8.58. The Kier molecular flexibility index (Phi) is 11.6. The number of ether oxygens (including phenoxy) is 2. The summed E-state index contributed by atoms with van der Waals surface area (Å²) in [5.74, 6) is -1.11. The van der Waals surface area contributed by atoms with Crippen molar-refractivity contribution in [1.82, 2.24) is 10.2 Å². The van der Waals surface area contributed by atoms with E-state index in [1.165, 1.54) is 43.4 Å². The van der Waals surface area contributed by atoms with Crippen molar-refractivity contribution in [2.75, 3.05) is 25.1 Å². The third-order valence-corrected chi connectivity index (χ3v) is 10.6. The van der Waals surface area contributed by atoms with Crippen LogP contribution in [0.5, 0.6) is 11.5 Å². The van der Waals surface area contributed by atoms with E-state index in [0.29, 0.717) is 5.75 Å². The lowest BCUT2D eigenvalue weighted by molar-refractivity contribution is -0.140. The third-order valence-electron chi connectivity index (χ3n) is 8.81. The molecule has 0 aromatic heterocycles. The monoisotopic (exact) mass is 687 g/mol. The molecule has 4 aromatic carbocycles. The Morgan fingerprint density at radius 1 is 0.898 bits per heavy atom. The van der Waals surface area contributed by atoms with Crippen LogP contribution in [0.25, 0.3) is 0 Å². The predicted molar refractivity (Wildman–Crippen MR) is 187 cm³/mol. The Labute approximate surface area is 287 Å². The number of anilines is 1. The number of methoxy groups -OCH3 is 2. The first-order valence-electron chi connectivity index (χ1n) is 16.3. The Bertz CT molecular complexity index is 1850. The number of hydrogen-bond donors (Lipinski definition) is 1. The van der Waals surface area contributed by atoms with Crippen molar-refractivity contribution < 1.29 is 31.9 Å². The van der Waals surface area contributed by atoms with Crippen molar-refractivity contribution in [2.24, 2.45) is 0 Å². The maximum absolute atomic E-state index is 15.2. The molecule has 49 heavy (non-hydrogen) atoms. The SMILES string of the molecule is COc1ccc(OC)c(N(CC(=O)N(Cc2ccccc2F)[C@H](Cc2ccccc2)C(=O)NC2CCCC2)S(=O)(=O)c2ccc(C)cc2)c1. The lowest BCUT2D eigenvalue weighted by atomic mass is 10.0. The van der Waals surface area contributed by atoms with Gasteiger partial charge in [-0.3, -0.25) is 13.9 Å². The Balaban J connectivity index is 1.62. The highest BCUT2D eigenvalue weighted by atomic mass is 32.2. The second kappa shape index (κ2) is 16.0. The second-order valence-corrected chi connectivity index (χ2v) is 14.0. The maximum Gasteiger partial charge on any atom is 0.264 e. The van der Waals surface area contributed by atoms with E-state index < -0.39 is 34.3 Å². The number of nitrogens with one attached hydrogen (secondary N) is 1. The van der Waals surface area contributed by atoms with Crippen molar-refractivity contribution in [3.05, 3.63) is 120 Å². The van der Waals surface area contributed by atoms with Crippen molar-refractivity contribution in [2.45, 2.75) is 62.6 Å². The number of benzene rings is 4. The zero-order chi connectivity index (χ0) is 35.0. The largest absolute Gasteiger partial charge is 0.497 e. The van der Waals surface area contributed by atoms with Crippen LogP contribution in [0, 0.1) is 12.7 Å². The molecule has 0 unspecified atom stereocenters. The second-order valence-electron chi connectivity index (χ2n) is 12.2. The van der Waals surface area contributed by atoms with Gasteiger partial charge >= 0.3 is 0 Å². The van der Waals surface area contributed by atoms with E-state index in [4.69, 9.17) is 9.47 Å². The summed E-state index contributed by atoms with van der Waals surface area (Å²) < 4.78 is 56.0. The summed E-state index contributed by atoms with van der Waals surface area (Å²) in [5.41, 5.74) is 1.90. The van der Waals surface area contributed by atoms with Crippen LogP contribution in [0.3, 0.4) is 0 Å². The van der Waals surface area contributed by atoms with Crippen LogP contribution in [0.15, 0.2) is 102 Å². The zero-order valence-corrected chi connectivity index (χ0v) is 28.8. The zero-order valence-electron chi connectivity index (χ0n) is 28.0. The fourth-order valence-electron chi connectivity index (χ4n) is 6.07. The molecule has 9 nitrogen and oxygen atoms in total. The summed E-state index contributed by atoms with van der Waals surface area (Å²) in [5, 5.41) is 3.12. The van der Waals surface area contributed by atoms with Crippen molar-refractivity contribution in [3.8, 4) is 11.5 Å². The molecule has 1 N–H and O–H groups in total. The van der Waals surface area contributed by atoms with E-state index >= 15 is 4.39 Å². The van der Waals surface area contributed by atoms with Gasteiger partial charge in [0.05, 0.1) is 24.8 Å². The van der Waals surface area contributed by atoms with E-state index in [-0.39, 0.29) is 46.8 Å². The highest BCUT2D eigenvalue weighted by molar-refractivity contribution is 7.92. The number of carbonyl (C=O) groups excluding carboxylic acids is 2. The van der Waals surface area contributed by atoms with E-state index in [9.17, 15) is 18.0 Å². The molecule has 1 aliphatic rings. The molecule has 5 rings (SSSR count). The normalized spacial score (nSPS) is 13.8. The molecule has 1 aliphatic carbocycles. The number of rotatable bonds is 14. The van der Waals surface area contributed by atoms with Gasteiger partial charge in [-0.1, -0.05) is 79.1 Å². The van der Waals surface area contributed by atoms with Gasteiger partial charge in [-0.15, -0.1) is 0 Å². The maximum atomic E-state index is 15.2. The average Bonchev–Trinajstić information content (AvgIpc) is 3.62. The molecule has 0 aliphatic heterocycles. The molecule has 0 heterocycles. The summed E-state index contributed by atoms with van der Waals surface area (Å²) in [6.07, 6.45) is 3.75. The minimum absolute atomic E-state index is 0.0451. The lowest BCUT2D eigenvalue weighted by Crippen LogP contribution is -2.54. The van der Waals surface area contributed by atoms with E-state index in [0.717, 1.165) is 41.1 Å². The number of hydrogen-bond acceptors (Lipinski definition) is 6. The minimum atomic E-state index is -4.39. The number of sulfonamides is 1. The molecule has 0 saturated heterocycles. The van der Waals surface area contributed by atoms with E-state index in [2.05, 4.69) is 5.32 Å². The molecular weight excluding hydrogens is 645 g/mol. The molecule has 4 aromatic rings. The smallest absolute Gasteiger partial charge is 0.264 e. The van der Waals surface area contributed by atoms with Gasteiger partial charge in [-0.2, -0.15) is 0 Å². The van der Waals surface area contributed by atoms with E-state index in [1.54, 1.807) is 42.5 Å². The summed E-state index contributed by atoms with van der Waals surface area (Å²) in [6.45, 7) is 0.859. The number of carbonyl (C=O) groups is 2. The summed E-state index contributed by atoms with van der Waals surface area (Å²) in [6, 6.07) is 25.1. The van der Waals surface area contributed by atoms with Crippen LogP contribution in [0.1, 0.15) is 42.4 Å². The molecule has 0 radical (unpaired) electrons. The molecule has 0 bridgehead atoms. The predicted octanol–water partition coefficient (Wildman–Crippen LogP) is 6.05. The standard InChI is InChI=1S/C38H42FN3O6S/c1-27-17-20-32(21-18-27)49(45,46)42(34-24-31(47-2)19-22-36(34)48-3)26-37(43)41(25-29-13-7-10-16-33(29)39)35(23-28-11-5-4-6-12-28)38(44)40-30-14-8-9-15-30/h4-7,10-13,16-22,24,30,35H,8-9,14-15,23,25-26H2,1-3H3,(H,40,44)/t35-/m1/s1. The molecule has 11 heteroatoms. The first kappa shape index (κ1) is 35.4. The number of nitrogens with zero attached hydrogens (tertiary/aromatic N) is 2. The number of halogens is 1. The van der Waals surface area contributed by atoms with Gasteiger partial charge in [0.1, 0.15) is 29.9 Å². The highest BCUT2D eigenvalue weighted by Gasteiger charge is 2.37. The van der Waals surface area contributed by atoms with Gasteiger partial charge < -0.3 is 19.7 Å². The summed E-state index contributed by atoms with van der Waals surface area (Å²) in [7, 11) is -1.54. The van der Waals surface area contributed by atoms with Crippen LogP contribution < -0.4 is 19.1 Å². The minimum Gasteiger partial charge on any atom is -0.497 e. The van der Waals surface area contributed by atoms with Gasteiger partial charge in [0.2, 0.25) is 11.8 Å². The average molecular weight is 688 g/mol. The van der Waals surface area contributed by atoms with Crippen LogP contribution in [0.4, 0.5) is 10.1 Å². The molecule has 0 spiro atoms. The Morgan fingerprint density at radius 2 is 1.57 bits per heavy atom. The van der Waals surface area contributed by atoms with Crippen molar-refractivity contribution in [3.63, 3.8) is 0 Å². The van der Waals surface area contributed by atoms with Gasteiger partial charge in [-0.05, 0) is 55.7 Å². The fraction of sp³-hybridized carbons (Fsp3) is 0.316. The quantitative estimate of drug-likeness (QED) is 0.173. The summed E-state index contributed by atoms with van der Waals surface area (Å²) in [4.78, 5) is 30.1. The molecule has 1 saturated carbocycles. The Hall–Kier alpha value is -4.90. The van der Waals surface area contributed by atoms with Crippen LogP contribution in [0.2, 0.25) is 0 Å². The van der Waals surface area contributed by atoms with Gasteiger partial charge in [0, 0.05) is 30.6 Å². The van der Waals surface area contributed by atoms with Gasteiger partial charge in [-0.25, -0.2) is 12.8 Å². The molecule has 2 amide bonds. The molecule has 1 atom stereocenters. The molecular formula is C38H42FN3O6S. The number of amides is 2. The first-order chi connectivity index (χ1) is 23.6. The molecule has 258 valence electrons. The topological polar surface area (TPSA) is 105 Å². The van der Waals surface area contributed by atoms with Gasteiger partial charge in [0.25, 0.3) is 10.0 Å².